The summed E-state index contributed by atoms with van der Waals surface area (Å²) in [5.41, 5.74) is 1.71. The first kappa shape index (κ1) is 17.8. The van der Waals surface area contributed by atoms with Crippen LogP contribution in [0.25, 0.3) is 10.8 Å². The highest BCUT2D eigenvalue weighted by atomic mass is 16.5. The van der Waals surface area contributed by atoms with E-state index in [9.17, 15) is 4.79 Å². The predicted octanol–water partition coefficient (Wildman–Crippen LogP) is 4.47. The first-order valence-corrected chi connectivity index (χ1v) is 8.90. The fourth-order valence-corrected chi connectivity index (χ4v) is 2.81. The van der Waals surface area contributed by atoms with Gasteiger partial charge in [0.2, 0.25) is 0 Å². The first-order chi connectivity index (χ1) is 12.6. The fourth-order valence-electron chi connectivity index (χ4n) is 2.81. The summed E-state index contributed by atoms with van der Waals surface area (Å²) in [5.74, 6) is 0.690. The predicted molar refractivity (Wildman–Crippen MR) is 107 cm³/mol. The molecule has 26 heavy (non-hydrogen) atoms. The van der Waals surface area contributed by atoms with Crippen LogP contribution < -0.4 is 15.4 Å². The highest BCUT2D eigenvalue weighted by Crippen LogP contribution is 2.22. The molecule has 4 nitrogen and oxygen atoms in total. The quantitative estimate of drug-likeness (QED) is 0.620. The second-order valence-corrected chi connectivity index (χ2v) is 6.40. The summed E-state index contributed by atoms with van der Waals surface area (Å²) in [7, 11) is 0. The SMILES string of the molecule is CC(C)Oc1ccc(C(=O)NCCNc2cccc3ccccc23)cc1. The molecule has 0 aliphatic heterocycles. The maximum Gasteiger partial charge on any atom is 0.251 e. The lowest BCUT2D eigenvalue weighted by Crippen LogP contribution is -2.28. The van der Waals surface area contributed by atoms with Gasteiger partial charge in [-0.25, -0.2) is 0 Å². The van der Waals surface area contributed by atoms with Crippen molar-refractivity contribution in [3.63, 3.8) is 0 Å². The third-order valence-corrected chi connectivity index (χ3v) is 4.00. The minimum absolute atomic E-state index is 0.0826. The molecule has 0 radical (unpaired) electrons. The molecule has 3 rings (SSSR count). The number of nitrogens with one attached hydrogen (secondary N) is 2. The lowest BCUT2D eigenvalue weighted by atomic mass is 10.1. The highest BCUT2D eigenvalue weighted by Gasteiger charge is 2.06. The average molecular weight is 348 g/mol. The van der Waals surface area contributed by atoms with Crippen LogP contribution in [-0.2, 0) is 0 Å². The van der Waals surface area contributed by atoms with Crippen LogP contribution in [0.4, 0.5) is 5.69 Å². The molecule has 0 aliphatic carbocycles. The van der Waals surface area contributed by atoms with E-state index in [1.54, 1.807) is 12.1 Å². The molecule has 0 spiro atoms. The van der Waals surface area contributed by atoms with Crippen LogP contribution in [0.2, 0.25) is 0 Å². The largest absolute Gasteiger partial charge is 0.491 e. The monoisotopic (exact) mass is 348 g/mol. The molecule has 0 fully saturated rings. The molecular formula is C22H24N2O2. The lowest BCUT2D eigenvalue weighted by molar-refractivity contribution is 0.0955. The van der Waals surface area contributed by atoms with Gasteiger partial charge in [0.1, 0.15) is 5.75 Å². The van der Waals surface area contributed by atoms with Gasteiger partial charge in [-0.1, -0.05) is 36.4 Å². The smallest absolute Gasteiger partial charge is 0.251 e. The molecule has 3 aromatic carbocycles. The molecule has 0 saturated heterocycles. The van der Waals surface area contributed by atoms with E-state index in [4.69, 9.17) is 4.74 Å². The van der Waals surface area contributed by atoms with Crippen LogP contribution in [0, 0.1) is 0 Å². The molecule has 134 valence electrons. The maximum atomic E-state index is 12.2. The van der Waals surface area contributed by atoms with E-state index in [-0.39, 0.29) is 12.0 Å². The van der Waals surface area contributed by atoms with Gasteiger partial charge >= 0.3 is 0 Å². The van der Waals surface area contributed by atoms with Gasteiger partial charge in [0.15, 0.2) is 0 Å². The van der Waals surface area contributed by atoms with E-state index in [2.05, 4.69) is 34.9 Å². The van der Waals surface area contributed by atoms with E-state index in [1.807, 2.05) is 44.2 Å². The number of hydrogen-bond donors (Lipinski definition) is 2. The van der Waals surface area contributed by atoms with Crippen LogP contribution in [-0.4, -0.2) is 25.1 Å². The first-order valence-electron chi connectivity index (χ1n) is 8.90. The molecule has 3 aromatic rings. The van der Waals surface area contributed by atoms with Gasteiger partial charge in [0.25, 0.3) is 5.91 Å². The Bertz CT molecular complexity index is 867. The van der Waals surface area contributed by atoms with E-state index in [0.29, 0.717) is 18.7 Å². The van der Waals surface area contributed by atoms with Crippen molar-refractivity contribution in [3.05, 3.63) is 72.3 Å². The summed E-state index contributed by atoms with van der Waals surface area (Å²) in [6.07, 6.45) is 0.120. The molecular weight excluding hydrogens is 324 g/mol. The molecule has 0 aliphatic rings. The number of carbonyl (C=O) groups is 1. The van der Waals surface area contributed by atoms with Crippen molar-refractivity contribution < 1.29 is 9.53 Å². The van der Waals surface area contributed by atoms with E-state index in [1.165, 1.54) is 10.8 Å². The number of carbonyl (C=O) groups excluding carboxylic acids is 1. The third kappa shape index (κ3) is 4.54. The summed E-state index contributed by atoms with van der Waals surface area (Å²) in [4.78, 5) is 12.2. The Morgan fingerprint density at radius 2 is 1.65 bits per heavy atom. The van der Waals surface area contributed by atoms with Gasteiger partial charge in [-0.05, 0) is 49.6 Å². The zero-order chi connectivity index (χ0) is 18.4. The second kappa shape index (κ2) is 8.39. The molecule has 0 bridgehead atoms. The lowest BCUT2D eigenvalue weighted by Gasteiger charge is -2.11. The van der Waals surface area contributed by atoms with Crippen LogP contribution in [0.1, 0.15) is 24.2 Å². The molecule has 0 aromatic heterocycles. The minimum Gasteiger partial charge on any atom is -0.491 e. The van der Waals surface area contributed by atoms with Crippen molar-refractivity contribution in [2.24, 2.45) is 0 Å². The Morgan fingerprint density at radius 3 is 2.42 bits per heavy atom. The van der Waals surface area contributed by atoms with Gasteiger partial charge in [0.05, 0.1) is 6.10 Å². The topological polar surface area (TPSA) is 50.4 Å². The zero-order valence-corrected chi connectivity index (χ0v) is 15.2. The molecule has 0 saturated carbocycles. The Morgan fingerprint density at radius 1 is 0.923 bits per heavy atom. The normalized spacial score (nSPS) is 10.7. The average Bonchev–Trinajstić information content (AvgIpc) is 2.65. The van der Waals surface area contributed by atoms with Crippen molar-refractivity contribution in [1.29, 1.82) is 0 Å². The van der Waals surface area contributed by atoms with Crippen molar-refractivity contribution in [1.82, 2.24) is 5.32 Å². The van der Waals surface area contributed by atoms with Crippen molar-refractivity contribution in [3.8, 4) is 5.75 Å². The van der Waals surface area contributed by atoms with Crippen LogP contribution in [0.3, 0.4) is 0 Å². The van der Waals surface area contributed by atoms with Crippen molar-refractivity contribution >= 4 is 22.4 Å². The number of amides is 1. The number of fused-ring (bicyclic) bond motifs is 1. The van der Waals surface area contributed by atoms with Crippen LogP contribution >= 0.6 is 0 Å². The molecule has 1 amide bonds. The van der Waals surface area contributed by atoms with Gasteiger partial charge in [-0.2, -0.15) is 0 Å². The number of rotatable bonds is 7. The standard InChI is InChI=1S/C22H24N2O2/c1-16(2)26-19-12-10-18(11-13-19)22(25)24-15-14-23-21-9-5-7-17-6-3-4-8-20(17)21/h3-13,16,23H,14-15H2,1-2H3,(H,24,25). The van der Waals surface area contributed by atoms with Crippen LogP contribution in [0.5, 0.6) is 5.75 Å². The molecule has 0 atom stereocenters. The maximum absolute atomic E-state index is 12.2. The summed E-state index contributed by atoms with van der Waals surface area (Å²) in [6, 6.07) is 21.6. The van der Waals surface area contributed by atoms with E-state index >= 15 is 0 Å². The number of ether oxygens (including phenoxy) is 1. The molecule has 2 N–H and O–H groups in total. The van der Waals surface area contributed by atoms with Crippen molar-refractivity contribution in [2.75, 3.05) is 18.4 Å². The summed E-state index contributed by atoms with van der Waals surface area (Å²) >= 11 is 0. The Kier molecular flexibility index (Phi) is 5.74. The summed E-state index contributed by atoms with van der Waals surface area (Å²) in [6.45, 7) is 5.16. The Labute approximate surface area is 154 Å². The number of benzene rings is 3. The zero-order valence-electron chi connectivity index (χ0n) is 15.2. The van der Waals surface area contributed by atoms with E-state index < -0.39 is 0 Å². The van der Waals surface area contributed by atoms with E-state index in [0.717, 1.165) is 11.4 Å². The number of hydrogen-bond acceptors (Lipinski definition) is 3. The Hall–Kier alpha value is -3.01. The van der Waals surface area contributed by atoms with Gasteiger partial charge in [0, 0.05) is 29.7 Å². The second-order valence-electron chi connectivity index (χ2n) is 6.40. The third-order valence-electron chi connectivity index (χ3n) is 4.00. The minimum atomic E-state index is -0.0826. The molecule has 0 heterocycles. The summed E-state index contributed by atoms with van der Waals surface area (Å²) < 4.78 is 5.59. The van der Waals surface area contributed by atoms with Gasteiger partial charge in [-0.15, -0.1) is 0 Å². The molecule has 4 heteroatoms. The summed E-state index contributed by atoms with van der Waals surface area (Å²) in [5, 5.41) is 8.71. The molecule has 0 unspecified atom stereocenters. The van der Waals surface area contributed by atoms with Gasteiger partial charge in [-0.3, -0.25) is 4.79 Å². The Balaban J connectivity index is 1.50. The van der Waals surface area contributed by atoms with Crippen molar-refractivity contribution in [2.45, 2.75) is 20.0 Å². The van der Waals surface area contributed by atoms with Gasteiger partial charge < -0.3 is 15.4 Å². The van der Waals surface area contributed by atoms with Crippen LogP contribution in [0.15, 0.2) is 66.7 Å². The highest BCUT2D eigenvalue weighted by molar-refractivity contribution is 5.95. The fraction of sp³-hybridized carbons (Fsp3) is 0.227. The number of anilines is 1.